The number of hydrogen-bond acceptors (Lipinski definition) is 6. The molecule has 3 heterocycles. The summed E-state index contributed by atoms with van der Waals surface area (Å²) >= 11 is 0. The van der Waals surface area contributed by atoms with Crippen LogP contribution in [-0.2, 0) is 27.1 Å². The third-order valence-electron chi connectivity index (χ3n) is 6.24. The maximum absolute atomic E-state index is 13.3. The lowest BCUT2D eigenvalue weighted by Crippen LogP contribution is -2.53. The Morgan fingerprint density at radius 1 is 1.26 bits per heavy atom. The Morgan fingerprint density at radius 3 is 2.74 bits per heavy atom. The van der Waals surface area contributed by atoms with Crippen LogP contribution in [0.3, 0.4) is 0 Å². The molecule has 35 heavy (non-hydrogen) atoms. The normalized spacial score (nSPS) is 21.4. The molecule has 2 unspecified atom stereocenters. The van der Waals surface area contributed by atoms with E-state index in [9.17, 15) is 27.6 Å². The molecule has 2 aliphatic heterocycles. The smallest absolute Gasteiger partial charge is 0.356 e. The number of rotatable bonds is 6. The summed E-state index contributed by atoms with van der Waals surface area (Å²) < 4.78 is 39.8. The highest BCUT2D eigenvalue weighted by Crippen LogP contribution is 2.31. The molecule has 9 nitrogen and oxygen atoms in total. The first kappa shape index (κ1) is 24.6. The summed E-state index contributed by atoms with van der Waals surface area (Å²) in [4.78, 5) is 40.5. The highest BCUT2D eigenvalue weighted by Gasteiger charge is 2.37. The number of ketones is 1. The molecule has 2 atom stereocenters. The maximum atomic E-state index is 13.3. The fourth-order valence-electron chi connectivity index (χ4n) is 4.47. The molecule has 2 fully saturated rings. The van der Waals surface area contributed by atoms with Crippen LogP contribution < -0.4 is 5.32 Å². The summed E-state index contributed by atoms with van der Waals surface area (Å²) in [5.41, 5.74) is -0.195. The topological polar surface area (TPSA) is 110 Å². The van der Waals surface area contributed by atoms with Crippen molar-refractivity contribution < 1.29 is 27.6 Å². The van der Waals surface area contributed by atoms with Gasteiger partial charge in [-0.3, -0.25) is 14.4 Å². The zero-order chi connectivity index (χ0) is 25.2. The summed E-state index contributed by atoms with van der Waals surface area (Å²) in [5, 5.41) is 14.3. The molecule has 0 saturated carbocycles. The third kappa shape index (κ3) is 5.75. The fraction of sp³-hybridized carbons (Fsp3) is 0.478. The largest absolute Gasteiger partial charge is 0.416 e. The van der Waals surface area contributed by atoms with Crippen LogP contribution in [0.1, 0.15) is 48.2 Å². The number of likely N-dealkylation sites (tertiary alicyclic amines) is 1. The summed E-state index contributed by atoms with van der Waals surface area (Å²) in [6, 6.07) is 2.98. The Morgan fingerprint density at radius 2 is 2.06 bits per heavy atom. The van der Waals surface area contributed by atoms with E-state index in [1.54, 1.807) is 11.8 Å². The minimum atomic E-state index is -4.54. The van der Waals surface area contributed by atoms with Crippen molar-refractivity contribution in [2.45, 2.75) is 51.4 Å². The van der Waals surface area contributed by atoms with Crippen molar-refractivity contribution in [3.05, 3.63) is 46.8 Å². The highest BCUT2D eigenvalue weighted by molar-refractivity contribution is 6.08. The van der Waals surface area contributed by atoms with Crippen LogP contribution in [0.2, 0.25) is 0 Å². The van der Waals surface area contributed by atoms with E-state index in [2.05, 4.69) is 20.7 Å². The average molecular weight is 490 g/mol. The summed E-state index contributed by atoms with van der Waals surface area (Å²) in [7, 11) is 0. The molecular formula is C23H25F3N6O3. The van der Waals surface area contributed by atoms with Gasteiger partial charge in [-0.2, -0.15) is 18.0 Å². The lowest BCUT2D eigenvalue weighted by Gasteiger charge is -2.38. The quantitative estimate of drug-likeness (QED) is 0.491. The van der Waals surface area contributed by atoms with Gasteiger partial charge in [-0.25, -0.2) is 0 Å². The van der Waals surface area contributed by atoms with Crippen molar-refractivity contribution in [1.82, 2.24) is 30.4 Å². The first-order valence-electron chi connectivity index (χ1n) is 11.4. The van der Waals surface area contributed by atoms with Gasteiger partial charge in [0.25, 0.3) is 0 Å². The Balaban J connectivity index is 1.53. The molecule has 12 heteroatoms. The zero-order valence-electron chi connectivity index (χ0n) is 19.1. The molecule has 1 aromatic carbocycles. The maximum Gasteiger partial charge on any atom is 0.416 e. The van der Waals surface area contributed by atoms with Gasteiger partial charge in [0.1, 0.15) is 5.92 Å². The SMILES string of the molecule is Cc1nnn(Cc2cc(C(F)(F)F)ccc2C=CC(=O)C2CCCN(C3CCNC(=O)C3)C2=O)n1. The number of benzene rings is 1. The standard InChI is InChI=1S/C23H25F3N6O3/c1-14-28-30-32(29-14)13-16-11-17(23(24,25)26)6-4-15(16)5-7-20(33)19-3-2-10-31(22(19)35)18-8-9-27-21(34)12-18/h4-7,11,18-19H,2-3,8-10,12-13H2,1H3,(H,27,34). The molecular weight excluding hydrogens is 465 g/mol. The van der Waals surface area contributed by atoms with Gasteiger partial charge in [0, 0.05) is 25.6 Å². The van der Waals surface area contributed by atoms with E-state index in [0.717, 1.165) is 12.1 Å². The fourth-order valence-corrected chi connectivity index (χ4v) is 4.47. The lowest BCUT2D eigenvalue weighted by molar-refractivity contribution is -0.146. The highest BCUT2D eigenvalue weighted by atomic mass is 19.4. The Hall–Kier alpha value is -3.57. The molecule has 1 N–H and O–H groups in total. The lowest BCUT2D eigenvalue weighted by atomic mass is 9.89. The number of aryl methyl sites for hydroxylation is 1. The van der Waals surface area contributed by atoms with Crippen molar-refractivity contribution in [1.29, 1.82) is 0 Å². The van der Waals surface area contributed by atoms with E-state index < -0.39 is 23.4 Å². The Labute approximate surface area is 199 Å². The van der Waals surface area contributed by atoms with Gasteiger partial charge in [0.2, 0.25) is 11.8 Å². The third-order valence-corrected chi connectivity index (χ3v) is 6.24. The van der Waals surface area contributed by atoms with Crippen molar-refractivity contribution in [3.8, 4) is 0 Å². The number of carbonyl (C=O) groups is 3. The van der Waals surface area contributed by atoms with Crippen LogP contribution in [-0.4, -0.2) is 61.8 Å². The van der Waals surface area contributed by atoms with Gasteiger partial charge in [-0.1, -0.05) is 12.1 Å². The van der Waals surface area contributed by atoms with Gasteiger partial charge in [0.15, 0.2) is 11.6 Å². The first-order valence-corrected chi connectivity index (χ1v) is 11.4. The first-order chi connectivity index (χ1) is 16.6. The monoisotopic (exact) mass is 490 g/mol. The van der Waals surface area contributed by atoms with Crippen molar-refractivity contribution in [2.24, 2.45) is 5.92 Å². The van der Waals surface area contributed by atoms with Crippen LogP contribution >= 0.6 is 0 Å². The predicted molar refractivity (Wildman–Crippen MR) is 118 cm³/mol. The number of amides is 2. The van der Waals surface area contributed by atoms with Crippen molar-refractivity contribution >= 4 is 23.7 Å². The number of aromatic nitrogens is 4. The summed E-state index contributed by atoms with van der Waals surface area (Å²) in [6.07, 6.45) is 0.00268. The predicted octanol–water partition coefficient (Wildman–Crippen LogP) is 2.15. The molecule has 2 aromatic rings. The van der Waals surface area contributed by atoms with E-state index in [1.807, 2.05) is 0 Å². The molecule has 0 bridgehead atoms. The average Bonchev–Trinajstić information content (AvgIpc) is 3.22. The van der Waals surface area contributed by atoms with Crippen LogP contribution in [0.5, 0.6) is 0 Å². The van der Waals surface area contributed by atoms with Gasteiger partial charge in [0.05, 0.1) is 12.1 Å². The second kappa shape index (κ2) is 9.96. The molecule has 1 aromatic heterocycles. The van der Waals surface area contributed by atoms with Crippen molar-refractivity contribution in [3.63, 3.8) is 0 Å². The molecule has 0 aliphatic carbocycles. The molecule has 4 rings (SSSR count). The molecule has 2 amide bonds. The van der Waals surface area contributed by atoms with Gasteiger partial charge < -0.3 is 10.2 Å². The van der Waals surface area contributed by atoms with Gasteiger partial charge in [-0.05, 0) is 60.7 Å². The number of halogens is 3. The molecule has 2 saturated heterocycles. The number of tetrazole rings is 1. The van der Waals surface area contributed by atoms with Crippen LogP contribution in [0.15, 0.2) is 24.3 Å². The number of carbonyl (C=O) groups excluding carboxylic acids is 3. The molecule has 0 radical (unpaired) electrons. The Kier molecular flexibility index (Phi) is 6.99. The van der Waals surface area contributed by atoms with Crippen LogP contribution in [0.25, 0.3) is 6.08 Å². The van der Waals surface area contributed by atoms with E-state index in [4.69, 9.17) is 0 Å². The van der Waals surface area contributed by atoms with Crippen LogP contribution in [0.4, 0.5) is 13.2 Å². The second-order valence-corrected chi connectivity index (χ2v) is 8.74. The number of allylic oxidation sites excluding steroid dienone is 1. The molecule has 186 valence electrons. The van der Waals surface area contributed by atoms with E-state index in [-0.39, 0.29) is 36.4 Å². The minimum absolute atomic E-state index is 0.0709. The zero-order valence-corrected chi connectivity index (χ0v) is 19.1. The second-order valence-electron chi connectivity index (χ2n) is 8.74. The van der Waals surface area contributed by atoms with Gasteiger partial charge >= 0.3 is 6.18 Å². The van der Waals surface area contributed by atoms with E-state index in [1.165, 1.54) is 23.0 Å². The van der Waals surface area contributed by atoms with E-state index in [0.29, 0.717) is 43.7 Å². The number of nitrogens with zero attached hydrogens (tertiary/aromatic N) is 5. The minimum Gasteiger partial charge on any atom is -0.356 e. The van der Waals surface area contributed by atoms with Crippen molar-refractivity contribution in [2.75, 3.05) is 13.1 Å². The van der Waals surface area contributed by atoms with E-state index >= 15 is 0 Å². The number of piperidine rings is 2. The number of alkyl halides is 3. The summed E-state index contributed by atoms with van der Waals surface area (Å²) in [5.74, 6) is -1.34. The number of nitrogens with one attached hydrogen (secondary N) is 1. The van der Waals surface area contributed by atoms with Crippen LogP contribution in [0, 0.1) is 12.8 Å². The Bertz CT molecular complexity index is 1160. The summed E-state index contributed by atoms with van der Waals surface area (Å²) in [6.45, 7) is 2.53. The molecule has 2 aliphatic rings. The molecule has 0 spiro atoms. The number of hydrogen-bond donors (Lipinski definition) is 1. The van der Waals surface area contributed by atoms with Gasteiger partial charge in [-0.15, -0.1) is 10.2 Å².